The highest BCUT2D eigenvalue weighted by atomic mass is 32.2. The number of hydrogen-bond donors (Lipinski definition) is 0. The van der Waals surface area contributed by atoms with Crippen molar-refractivity contribution in [3.05, 3.63) is 47.6 Å². The van der Waals surface area contributed by atoms with Crippen molar-refractivity contribution in [2.45, 2.75) is 36.9 Å². The molecule has 0 N–H and O–H groups in total. The van der Waals surface area contributed by atoms with E-state index in [1.807, 2.05) is 37.5 Å². The number of benzene rings is 1. The van der Waals surface area contributed by atoms with E-state index in [9.17, 15) is 8.42 Å². The summed E-state index contributed by atoms with van der Waals surface area (Å²) >= 11 is 1.40. The number of piperidine rings is 1. The second-order valence-electron chi connectivity index (χ2n) is 6.81. The van der Waals surface area contributed by atoms with Gasteiger partial charge in [0.05, 0.1) is 17.4 Å². The molecule has 0 atom stereocenters. The van der Waals surface area contributed by atoms with E-state index < -0.39 is 10.0 Å². The largest absolute Gasteiger partial charge is 0.330 e. The quantitative estimate of drug-likeness (QED) is 0.668. The molecule has 0 aliphatic carbocycles. The van der Waals surface area contributed by atoms with Gasteiger partial charge in [0.25, 0.3) is 10.0 Å². The maximum absolute atomic E-state index is 12.8. The lowest BCUT2D eigenvalue weighted by atomic mass is 9.98. The fourth-order valence-corrected chi connectivity index (χ4v) is 6.50. The summed E-state index contributed by atoms with van der Waals surface area (Å²) in [5, 5.41) is 0. The number of thiophene rings is 1. The van der Waals surface area contributed by atoms with E-state index in [4.69, 9.17) is 0 Å². The van der Waals surface area contributed by atoms with Crippen LogP contribution in [0.1, 0.15) is 24.6 Å². The Bertz CT molecular complexity index is 999. The van der Waals surface area contributed by atoms with Crippen LogP contribution in [0.2, 0.25) is 0 Å². The second kappa shape index (κ2) is 7.13. The van der Waals surface area contributed by atoms with Crippen molar-refractivity contribution in [2.24, 2.45) is 5.92 Å². The lowest BCUT2D eigenvalue weighted by Gasteiger charge is -2.31. The fourth-order valence-electron chi connectivity index (χ4n) is 3.58. The maximum Gasteiger partial charge on any atom is 0.252 e. The summed E-state index contributed by atoms with van der Waals surface area (Å²) in [6, 6.07) is 11.8. The molecule has 2 aromatic heterocycles. The van der Waals surface area contributed by atoms with Gasteiger partial charge in [-0.15, -0.1) is 11.3 Å². The summed E-state index contributed by atoms with van der Waals surface area (Å²) in [6.45, 7) is 4.14. The van der Waals surface area contributed by atoms with Crippen LogP contribution in [0.3, 0.4) is 0 Å². The lowest BCUT2D eigenvalue weighted by Crippen LogP contribution is -2.39. The first-order chi connectivity index (χ1) is 12.6. The SMILES string of the molecule is CCc1ccc(S(=O)(=O)N2CCC(Cn3cnc4ccccc43)CC2)s1. The molecular formula is C19H23N3O2S2. The van der Waals surface area contributed by atoms with Crippen molar-refractivity contribution < 1.29 is 8.42 Å². The third-order valence-corrected chi connectivity index (χ3v) is 8.73. The van der Waals surface area contributed by atoms with Gasteiger partial charge in [-0.3, -0.25) is 0 Å². The van der Waals surface area contributed by atoms with E-state index in [1.165, 1.54) is 11.3 Å². The van der Waals surface area contributed by atoms with E-state index in [0.29, 0.717) is 23.2 Å². The first-order valence-corrected chi connectivity index (χ1v) is 11.3. The number of nitrogens with zero attached hydrogens (tertiary/aromatic N) is 3. The molecule has 5 nitrogen and oxygen atoms in total. The van der Waals surface area contributed by atoms with Gasteiger partial charge in [-0.25, -0.2) is 13.4 Å². The van der Waals surface area contributed by atoms with Crippen LogP contribution < -0.4 is 0 Å². The molecule has 26 heavy (non-hydrogen) atoms. The number of aryl methyl sites for hydroxylation is 1. The summed E-state index contributed by atoms with van der Waals surface area (Å²) in [4.78, 5) is 5.56. The fraction of sp³-hybridized carbons (Fsp3) is 0.421. The summed E-state index contributed by atoms with van der Waals surface area (Å²) in [6.07, 6.45) is 4.54. The van der Waals surface area contributed by atoms with Gasteiger partial charge in [0.1, 0.15) is 4.21 Å². The molecule has 138 valence electrons. The molecular weight excluding hydrogens is 366 g/mol. The number of sulfonamides is 1. The molecule has 0 amide bonds. The van der Waals surface area contributed by atoms with Gasteiger partial charge in [-0.05, 0) is 49.4 Å². The Hall–Kier alpha value is -1.70. The Morgan fingerprint density at radius 3 is 2.65 bits per heavy atom. The molecule has 0 bridgehead atoms. The summed E-state index contributed by atoms with van der Waals surface area (Å²) in [7, 11) is -3.34. The molecule has 1 aromatic carbocycles. The predicted molar refractivity (Wildman–Crippen MR) is 105 cm³/mol. The molecule has 1 fully saturated rings. The number of rotatable bonds is 5. The number of aromatic nitrogens is 2. The third kappa shape index (κ3) is 3.31. The highest BCUT2D eigenvalue weighted by molar-refractivity contribution is 7.91. The van der Waals surface area contributed by atoms with Crippen molar-refractivity contribution in [2.75, 3.05) is 13.1 Å². The molecule has 0 unspecified atom stereocenters. The smallest absolute Gasteiger partial charge is 0.252 e. The van der Waals surface area contributed by atoms with Crippen molar-refractivity contribution in [1.82, 2.24) is 13.9 Å². The van der Waals surface area contributed by atoms with Crippen molar-refractivity contribution in [3.8, 4) is 0 Å². The van der Waals surface area contributed by atoms with Crippen molar-refractivity contribution in [1.29, 1.82) is 0 Å². The Morgan fingerprint density at radius 1 is 1.15 bits per heavy atom. The van der Waals surface area contributed by atoms with Crippen LogP contribution in [0.5, 0.6) is 0 Å². The van der Waals surface area contributed by atoms with Gasteiger partial charge >= 0.3 is 0 Å². The molecule has 7 heteroatoms. The molecule has 1 aliphatic rings. The second-order valence-corrected chi connectivity index (χ2v) is 10.1. The van der Waals surface area contributed by atoms with Gasteiger partial charge in [0.15, 0.2) is 0 Å². The summed E-state index contributed by atoms with van der Waals surface area (Å²) in [5.41, 5.74) is 2.16. The standard InChI is InChI=1S/C19H23N3O2S2/c1-2-16-7-8-19(25-16)26(23,24)22-11-9-15(10-12-22)13-21-14-20-17-5-3-4-6-18(17)21/h3-8,14-15H,2,9-13H2,1H3. The van der Waals surface area contributed by atoms with Crippen LogP contribution in [0.4, 0.5) is 0 Å². The van der Waals surface area contributed by atoms with E-state index in [1.54, 1.807) is 10.4 Å². The van der Waals surface area contributed by atoms with Crippen LogP contribution in [-0.2, 0) is 23.0 Å². The topological polar surface area (TPSA) is 55.2 Å². The van der Waals surface area contributed by atoms with E-state index in [-0.39, 0.29) is 0 Å². The molecule has 0 radical (unpaired) electrons. The highest BCUT2D eigenvalue weighted by Crippen LogP contribution is 2.29. The van der Waals surface area contributed by atoms with Gasteiger partial charge in [-0.1, -0.05) is 19.1 Å². The molecule has 4 rings (SSSR count). The summed E-state index contributed by atoms with van der Waals surface area (Å²) in [5.74, 6) is 0.480. The average molecular weight is 390 g/mol. The highest BCUT2D eigenvalue weighted by Gasteiger charge is 2.30. The Labute approximate surface area is 158 Å². The Morgan fingerprint density at radius 2 is 1.92 bits per heavy atom. The van der Waals surface area contributed by atoms with E-state index in [0.717, 1.165) is 41.7 Å². The molecule has 0 spiro atoms. The minimum absolute atomic E-state index is 0.480. The molecule has 3 heterocycles. The van der Waals surface area contributed by atoms with Gasteiger partial charge in [0.2, 0.25) is 0 Å². The number of hydrogen-bond acceptors (Lipinski definition) is 4. The van der Waals surface area contributed by atoms with Gasteiger partial charge in [-0.2, -0.15) is 4.31 Å². The maximum atomic E-state index is 12.8. The van der Waals surface area contributed by atoms with Crippen molar-refractivity contribution in [3.63, 3.8) is 0 Å². The summed E-state index contributed by atoms with van der Waals surface area (Å²) < 4.78 is 30.0. The number of imidazole rings is 1. The van der Waals surface area contributed by atoms with Crippen LogP contribution in [0.25, 0.3) is 11.0 Å². The molecule has 1 saturated heterocycles. The minimum Gasteiger partial charge on any atom is -0.330 e. The minimum atomic E-state index is -3.34. The first-order valence-electron chi connectivity index (χ1n) is 9.06. The monoisotopic (exact) mass is 389 g/mol. The van der Waals surface area contributed by atoms with Gasteiger partial charge in [0, 0.05) is 24.5 Å². The first kappa shape index (κ1) is 17.7. The number of para-hydroxylation sites is 2. The molecule has 1 aliphatic heterocycles. The van der Waals surface area contributed by atoms with Crippen LogP contribution in [-0.4, -0.2) is 35.4 Å². The third-order valence-electron chi connectivity index (χ3n) is 5.14. The van der Waals surface area contributed by atoms with E-state index >= 15 is 0 Å². The Kier molecular flexibility index (Phi) is 4.86. The normalized spacial score (nSPS) is 17.1. The van der Waals surface area contributed by atoms with Gasteiger partial charge < -0.3 is 4.57 Å². The number of fused-ring (bicyclic) bond motifs is 1. The molecule has 0 saturated carbocycles. The van der Waals surface area contributed by atoms with Crippen LogP contribution >= 0.6 is 11.3 Å². The average Bonchev–Trinajstić information content (AvgIpc) is 3.30. The van der Waals surface area contributed by atoms with E-state index in [2.05, 4.69) is 15.6 Å². The predicted octanol–water partition coefficient (Wildman–Crippen LogP) is 3.76. The zero-order valence-corrected chi connectivity index (χ0v) is 16.5. The lowest BCUT2D eigenvalue weighted by molar-refractivity contribution is 0.255. The van der Waals surface area contributed by atoms with Crippen LogP contribution in [0, 0.1) is 5.92 Å². The zero-order valence-electron chi connectivity index (χ0n) is 14.8. The molecule has 3 aromatic rings. The van der Waals surface area contributed by atoms with Crippen molar-refractivity contribution >= 4 is 32.4 Å². The zero-order chi connectivity index (χ0) is 18.1. The van der Waals surface area contributed by atoms with Crippen LogP contribution in [0.15, 0.2) is 46.9 Å². The Balaban J connectivity index is 1.42.